The van der Waals surface area contributed by atoms with Gasteiger partial charge in [0.2, 0.25) is 5.91 Å². The Kier molecular flexibility index (Phi) is 10.2. The lowest BCUT2D eigenvalue weighted by Gasteiger charge is -2.27. The number of rotatable bonds is 11. The Morgan fingerprint density at radius 2 is 1.76 bits per heavy atom. The number of nitrogens with one attached hydrogen (secondary N) is 2. The lowest BCUT2D eigenvalue weighted by Crippen LogP contribution is -2.54. The van der Waals surface area contributed by atoms with Gasteiger partial charge in [-0.3, -0.25) is 9.00 Å². The third-order valence-corrected chi connectivity index (χ3v) is 7.87. The minimum Gasteiger partial charge on any atom is -0.444 e. The van der Waals surface area contributed by atoms with E-state index >= 15 is 0 Å². The Hall–Kier alpha value is -2.82. The Balaban J connectivity index is 1.76. The molecule has 10 heteroatoms. The molecule has 0 aliphatic rings. The second kappa shape index (κ2) is 13.1. The maximum Gasteiger partial charge on any atom is 0.408 e. The highest BCUT2D eigenvalue weighted by Gasteiger charge is 2.31. The van der Waals surface area contributed by atoms with E-state index in [9.17, 15) is 18.9 Å². The highest BCUT2D eigenvalue weighted by molar-refractivity contribution is 7.84. The van der Waals surface area contributed by atoms with Crippen LogP contribution in [0, 0.1) is 0 Å². The molecule has 200 valence electrons. The van der Waals surface area contributed by atoms with Crippen molar-refractivity contribution in [2.75, 3.05) is 5.75 Å². The monoisotopic (exact) mass is 545 g/mol. The summed E-state index contributed by atoms with van der Waals surface area (Å²) < 4.78 is 19.2. The van der Waals surface area contributed by atoms with E-state index < -0.39 is 46.6 Å². The van der Waals surface area contributed by atoms with Crippen molar-refractivity contribution in [2.24, 2.45) is 0 Å². The molecular formula is C27H35N3O5S2. The van der Waals surface area contributed by atoms with Gasteiger partial charge in [-0.05, 0) is 44.9 Å². The van der Waals surface area contributed by atoms with Crippen molar-refractivity contribution in [3.8, 4) is 0 Å². The van der Waals surface area contributed by atoms with Crippen molar-refractivity contribution in [2.45, 2.75) is 70.1 Å². The van der Waals surface area contributed by atoms with E-state index in [4.69, 9.17) is 4.74 Å². The summed E-state index contributed by atoms with van der Waals surface area (Å²) in [4.78, 5) is 30.4. The van der Waals surface area contributed by atoms with Gasteiger partial charge >= 0.3 is 6.09 Å². The molecule has 1 heterocycles. The second-order valence-corrected chi connectivity index (χ2v) is 12.4. The minimum absolute atomic E-state index is 0.101. The van der Waals surface area contributed by atoms with Gasteiger partial charge < -0.3 is 20.5 Å². The van der Waals surface area contributed by atoms with Crippen LogP contribution in [0.15, 0.2) is 54.6 Å². The van der Waals surface area contributed by atoms with Crippen LogP contribution in [0.1, 0.15) is 57.2 Å². The lowest BCUT2D eigenvalue weighted by molar-refractivity contribution is -0.124. The average molecular weight is 546 g/mol. The van der Waals surface area contributed by atoms with Gasteiger partial charge in [-0.25, -0.2) is 9.78 Å². The summed E-state index contributed by atoms with van der Waals surface area (Å²) in [6.07, 6.45) is -0.604. The van der Waals surface area contributed by atoms with Crippen molar-refractivity contribution in [1.29, 1.82) is 0 Å². The smallest absolute Gasteiger partial charge is 0.408 e. The standard InChI is InChI=1S/C27H35N3O5S2/c1-5-11-20(23(31)25-29-19-14-9-10-15-22(19)36-25)28-24(32)21(30-26(33)35-27(2,3)4)17-37(34)16-18-12-7-6-8-13-18/h6-10,12-15,20-21,23,31H,5,11,16-17H2,1-4H3,(H,28,32)(H,30,33). The number of nitrogens with zero attached hydrogens (tertiary/aromatic N) is 1. The van der Waals surface area contributed by atoms with Gasteiger partial charge in [-0.15, -0.1) is 11.3 Å². The molecule has 2 aromatic carbocycles. The van der Waals surface area contributed by atoms with E-state index in [-0.39, 0.29) is 11.5 Å². The fourth-order valence-electron chi connectivity index (χ4n) is 3.73. The topological polar surface area (TPSA) is 118 Å². The van der Waals surface area contributed by atoms with E-state index in [1.807, 2.05) is 61.5 Å². The Morgan fingerprint density at radius 1 is 1.08 bits per heavy atom. The molecule has 3 rings (SSSR count). The number of benzene rings is 2. The van der Waals surface area contributed by atoms with Crippen LogP contribution in [0.3, 0.4) is 0 Å². The summed E-state index contributed by atoms with van der Waals surface area (Å²) >= 11 is 1.37. The van der Waals surface area contributed by atoms with Crippen LogP contribution < -0.4 is 10.6 Å². The summed E-state index contributed by atoms with van der Waals surface area (Å²) in [5.74, 6) is -0.394. The van der Waals surface area contributed by atoms with Gasteiger partial charge in [0.1, 0.15) is 22.8 Å². The molecule has 0 radical (unpaired) electrons. The van der Waals surface area contributed by atoms with Crippen LogP contribution in [0.25, 0.3) is 10.2 Å². The third-order valence-electron chi connectivity index (χ3n) is 5.40. The Labute approximate surface area is 224 Å². The van der Waals surface area contributed by atoms with Crippen LogP contribution in [0.5, 0.6) is 0 Å². The van der Waals surface area contributed by atoms with E-state index in [2.05, 4.69) is 15.6 Å². The molecule has 1 aromatic heterocycles. The number of aromatic nitrogens is 1. The number of carbonyl (C=O) groups is 2. The largest absolute Gasteiger partial charge is 0.444 e. The first kappa shape index (κ1) is 28.7. The number of ether oxygens (including phenoxy) is 1. The summed E-state index contributed by atoms with van der Waals surface area (Å²) in [6, 6.07) is 15.2. The first-order valence-electron chi connectivity index (χ1n) is 12.3. The van der Waals surface area contributed by atoms with E-state index in [0.717, 1.165) is 15.8 Å². The van der Waals surface area contributed by atoms with E-state index in [1.165, 1.54) is 11.3 Å². The predicted molar refractivity (Wildman–Crippen MR) is 148 cm³/mol. The molecule has 0 aliphatic carbocycles. The molecule has 0 fully saturated rings. The second-order valence-electron chi connectivity index (χ2n) is 9.80. The van der Waals surface area contributed by atoms with Gasteiger partial charge in [0.15, 0.2) is 0 Å². The number of alkyl carbamates (subject to hydrolysis) is 1. The van der Waals surface area contributed by atoms with Crippen molar-refractivity contribution in [3.63, 3.8) is 0 Å². The van der Waals surface area contributed by atoms with E-state index in [1.54, 1.807) is 20.8 Å². The van der Waals surface area contributed by atoms with Gasteiger partial charge in [0.05, 0.1) is 22.0 Å². The summed E-state index contributed by atoms with van der Waals surface area (Å²) in [7, 11) is -1.44. The fourth-order valence-corrected chi connectivity index (χ4v) is 6.04. The summed E-state index contributed by atoms with van der Waals surface area (Å²) in [5.41, 5.74) is 0.888. The average Bonchev–Trinajstić information content (AvgIpc) is 3.26. The highest BCUT2D eigenvalue weighted by atomic mass is 32.2. The Morgan fingerprint density at radius 3 is 2.41 bits per heavy atom. The molecule has 0 saturated heterocycles. The van der Waals surface area contributed by atoms with Crippen LogP contribution >= 0.6 is 11.3 Å². The third kappa shape index (κ3) is 8.91. The van der Waals surface area contributed by atoms with E-state index in [0.29, 0.717) is 17.8 Å². The lowest BCUT2D eigenvalue weighted by atomic mass is 10.1. The van der Waals surface area contributed by atoms with Gasteiger partial charge in [-0.1, -0.05) is 55.8 Å². The molecule has 3 N–H and O–H groups in total. The number of aliphatic hydroxyl groups excluding tert-OH is 1. The molecule has 37 heavy (non-hydrogen) atoms. The van der Waals surface area contributed by atoms with Gasteiger partial charge in [0.25, 0.3) is 0 Å². The van der Waals surface area contributed by atoms with Gasteiger partial charge in [-0.2, -0.15) is 0 Å². The van der Waals surface area contributed by atoms with Crippen LogP contribution in [-0.2, 0) is 26.1 Å². The summed E-state index contributed by atoms with van der Waals surface area (Å²) in [6.45, 7) is 7.12. The van der Waals surface area contributed by atoms with Crippen molar-refractivity contribution in [1.82, 2.24) is 15.6 Å². The summed E-state index contributed by atoms with van der Waals surface area (Å²) in [5, 5.41) is 17.1. The maximum atomic E-state index is 13.4. The van der Waals surface area contributed by atoms with Gasteiger partial charge in [0, 0.05) is 16.6 Å². The SMILES string of the molecule is CCCC(NC(=O)C(CS(=O)Cc1ccccc1)NC(=O)OC(C)(C)C)C(O)c1nc2ccccc2s1. The minimum atomic E-state index is -1.44. The number of carbonyl (C=O) groups excluding carboxylic acids is 2. The Bertz CT molecular complexity index is 1180. The molecule has 4 atom stereocenters. The quantitative estimate of drug-likeness (QED) is 0.328. The molecule has 0 spiro atoms. The molecule has 0 aliphatic heterocycles. The number of amides is 2. The normalized spacial score (nSPS) is 14.9. The van der Waals surface area contributed by atoms with Crippen LogP contribution in [0.4, 0.5) is 4.79 Å². The number of para-hydroxylation sites is 1. The molecule has 8 nitrogen and oxygen atoms in total. The number of hydrogen-bond donors (Lipinski definition) is 3. The fraction of sp³-hybridized carbons (Fsp3) is 0.444. The zero-order valence-corrected chi connectivity index (χ0v) is 23.2. The number of thiazole rings is 1. The highest BCUT2D eigenvalue weighted by Crippen LogP contribution is 2.29. The number of aliphatic hydroxyl groups is 1. The van der Waals surface area contributed by atoms with Crippen molar-refractivity contribution in [3.05, 3.63) is 65.2 Å². The van der Waals surface area contributed by atoms with Crippen LogP contribution in [-0.4, -0.2) is 49.7 Å². The van der Waals surface area contributed by atoms with Crippen molar-refractivity contribution >= 4 is 44.4 Å². The van der Waals surface area contributed by atoms with Crippen LogP contribution in [0.2, 0.25) is 0 Å². The molecule has 3 aromatic rings. The van der Waals surface area contributed by atoms with Crippen molar-refractivity contribution < 1.29 is 23.6 Å². The number of fused-ring (bicyclic) bond motifs is 1. The first-order chi connectivity index (χ1) is 17.6. The molecule has 4 unspecified atom stereocenters. The molecule has 2 amide bonds. The molecule has 0 bridgehead atoms. The molecular weight excluding hydrogens is 510 g/mol. The zero-order chi connectivity index (χ0) is 27.0. The predicted octanol–water partition coefficient (Wildman–Crippen LogP) is 4.46. The molecule has 0 saturated carbocycles. The number of hydrogen-bond acceptors (Lipinski definition) is 7. The maximum absolute atomic E-state index is 13.4. The zero-order valence-electron chi connectivity index (χ0n) is 21.6. The first-order valence-corrected chi connectivity index (χ1v) is 14.6.